The van der Waals surface area contributed by atoms with Gasteiger partial charge >= 0.3 is 11.9 Å². The molecule has 2 fully saturated rings. The van der Waals surface area contributed by atoms with E-state index >= 15 is 0 Å². The molecule has 1 N–H and O–H groups in total. The maximum atomic E-state index is 12.1. The van der Waals surface area contributed by atoms with Crippen LogP contribution in [-0.4, -0.2) is 35.4 Å². The summed E-state index contributed by atoms with van der Waals surface area (Å²) in [6.07, 6.45) is 0.792. The van der Waals surface area contributed by atoms with E-state index in [4.69, 9.17) is 9.47 Å². The summed E-state index contributed by atoms with van der Waals surface area (Å²) in [5.74, 6) is -1.04. The second-order valence-electron chi connectivity index (χ2n) is 7.24. The number of fused-ring (bicyclic) bond motifs is 3. The maximum absolute atomic E-state index is 12.1. The number of rotatable bonds is 1. The SMILES string of the molecule is CC(=O)O[C@H]1C[C@]2(C)C(=C(C)CC[C@H]2O)[C@H]2OC(=O)[C@@H](C)[C@H]12. The monoisotopic (exact) mass is 308 g/mol. The predicted molar refractivity (Wildman–Crippen MR) is 78.8 cm³/mol. The smallest absolute Gasteiger partial charge is 0.309 e. The van der Waals surface area contributed by atoms with Gasteiger partial charge in [-0.2, -0.15) is 0 Å². The van der Waals surface area contributed by atoms with E-state index < -0.39 is 17.6 Å². The maximum Gasteiger partial charge on any atom is 0.309 e. The summed E-state index contributed by atoms with van der Waals surface area (Å²) >= 11 is 0. The number of hydrogen-bond donors (Lipinski definition) is 1. The highest BCUT2D eigenvalue weighted by Crippen LogP contribution is 2.56. The molecular formula is C17H24O5. The molecule has 22 heavy (non-hydrogen) atoms. The standard InChI is InChI=1S/C17H24O5/c1-8-5-6-12(19)17(4)7-11(21-10(3)18)13-9(2)16(20)22-15(13)14(8)17/h9,11-13,15,19H,5-7H2,1-4H3/t9-,11-,12+,13+,15-,17-/m0/s1. The number of aliphatic hydroxyl groups excluding tert-OH is 1. The lowest BCUT2D eigenvalue weighted by molar-refractivity contribution is -0.158. The van der Waals surface area contributed by atoms with Crippen molar-refractivity contribution in [3.8, 4) is 0 Å². The lowest BCUT2D eigenvalue weighted by atomic mass is 9.57. The average Bonchev–Trinajstić information content (AvgIpc) is 2.70. The van der Waals surface area contributed by atoms with Crippen molar-refractivity contribution in [2.24, 2.45) is 17.3 Å². The molecule has 2 aliphatic carbocycles. The number of esters is 2. The zero-order valence-corrected chi connectivity index (χ0v) is 13.6. The van der Waals surface area contributed by atoms with Crippen LogP contribution in [0.4, 0.5) is 0 Å². The molecule has 0 aromatic heterocycles. The number of aliphatic hydroxyl groups is 1. The molecule has 1 heterocycles. The molecule has 0 unspecified atom stereocenters. The molecule has 0 aromatic carbocycles. The average molecular weight is 308 g/mol. The lowest BCUT2D eigenvalue weighted by Crippen LogP contribution is -2.53. The Morgan fingerprint density at radius 3 is 2.77 bits per heavy atom. The lowest BCUT2D eigenvalue weighted by Gasteiger charge is -2.51. The fourth-order valence-electron chi connectivity index (χ4n) is 4.67. The van der Waals surface area contributed by atoms with Gasteiger partial charge in [0.25, 0.3) is 0 Å². The molecule has 1 saturated carbocycles. The molecule has 0 amide bonds. The minimum atomic E-state index is -0.500. The summed E-state index contributed by atoms with van der Waals surface area (Å²) < 4.78 is 11.2. The van der Waals surface area contributed by atoms with Gasteiger partial charge in [-0.1, -0.05) is 19.4 Å². The number of carbonyl (C=O) groups excluding carboxylic acids is 2. The fraction of sp³-hybridized carbons (Fsp3) is 0.765. The van der Waals surface area contributed by atoms with E-state index in [1.807, 2.05) is 13.8 Å². The first-order valence-electron chi connectivity index (χ1n) is 8.01. The molecule has 3 aliphatic rings. The molecule has 0 spiro atoms. The topological polar surface area (TPSA) is 72.8 Å². The highest BCUT2D eigenvalue weighted by atomic mass is 16.6. The first-order chi connectivity index (χ1) is 10.3. The summed E-state index contributed by atoms with van der Waals surface area (Å²) in [5, 5.41) is 10.6. The summed E-state index contributed by atoms with van der Waals surface area (Å²) in [5.41, 5.74) is 1.76. The van der Waals surface area contributed by atoms with Crippen molar-refractivity contribution in [3.05, 3.63) is 11.1 Å². The van der Waals surface area contributed by atoms with Crippen LogP contribution in [0.2, 0.25) is 0 Å². The number of hydrogen-bond acceptors (Lipinski definition) is 5. The summed E-state index contributed by atoms with van der Waals surface area (Å²) in [6, 6.07) is 0. The number of ether oxygens (including phenoxy) is 2. The van der Waals surface area contributed by atoms with Crippen molar-refractivity contribution in [1.29, 1.82) is 0 Å². The van der Waals surface area contributed by atoms with Crippen LogP contribution in [0.5, 0.6) is 0 Å². The van der Waals surface area contributed by atoms with Crippen LogP contribution in [0, 0.1) is 17.3 Å². The largest absolute Gasteiger partial charge is 0.462 e. The van der Waals surface area contributed by atoms with Crippen LogP contribution in [0.25, 0.3) is 0 Å². The Kier molecular flexibility index (Phi) is 3.59. The molecular weight excluding hydrogens is 284 g/mol. The predicted octanol–water partition coefficient (Wildman–Crippen LogP) is 1.98. The molecule has 6 atom stereocenters. The zero-order chi connectivity index (χ0) is 16.2. The van der Waals surface area contributed by atoms with Gasteiger partial charge in [0.15, 0.2) is 0 Å². The van der Waals surface area contributed by atoms with Gasteiger partial charge in [-0.15, -0.1) is 0 Å². The van der Waals surface area contributed by atoms with Crippen LogP contribution in [0.15, 0.2) is 11.1 Å². The molecule has 122 valence electrons. The third-order valence-electron chi connectivity index (χ3n) is 5.80. The first-order valence-corrected chi connectivity index (χ1v) is 8.01. The Hall–Kier alpha value is -1.36. The van der Waals surface area contributed by atoms with E-state index in [0.29, 0.717) is 12.8 Å². The van der Waals surface area contributed by atoms with Crippen molar-refractivity contribution < 1.29 is 24.2 Å². The number of allylic oxidation sites excluding steroid dienone is 1. The van der Waals surface area contributed by atoms with E-state index in [9.17, 15) is 14.7 Å². The molecule has 5 heteroatoms. The second-order valence-corrected chi connectivity index (χ2v) is 7.24. The van der Waals surface area contributed by atoms with Crippen LogP contribution in [0.3, 0.4) is 0 Å². The minimum Gasteiger partial charge on any atom is -0.462 e. The highest BCUT2D eigenvalue weighted by Gasteiger charge is 2.60. The van der Waals surface area contributed by atoms with Crippen LogP contribution in [-0.2, 0) is 19.1 Å². The van der Waals surface area contributed by atoms with E-state index in [2.05, 4.69) is 6.92 Å². The second kappa shape index (κ2) is 5.08. The molecule has 0 radical (unpaired) electrons. The van der Waals surface area contributed by atoms with Gasteiger partial charge < -0.3 is 14.6 Å². The normalized spacial score (nSPS) is 44.2. The molecule has 1 saturated heterocycles. The van der Waals surface area contributed by atoms with E-state index in [0.717, 1.165) is 12.0 Å². The van der Waals surface area contributed by atoms with Crippen molar-refractivity contribution in [2.45, 2.75) is 65.3 Å². The Labute approximate surface area is 130 Å². The molecule has 3 rings (SSSR count). The van der Waals surface area contributed by atoms with Crippen molar-refractivity contribution in [1.82, 2.24) is 0 Å². The quantitative estimate of drug-likeness (QED) is 0.592. The van der Waals surface area contributed by atoms with E-state index in [1.54, 1.807) is 0 Å². The van der Waals surface area contributed by atoms with Gasteiger partial charge in [0.05, 0.1) is 17.9 Å². The van der Waals surface area contributed by atoms with Gasteiger partial charge in [0.1, 0.15) is 12.2 Å². The van der Waals surface area contributed by atoms with E-state index in [1.165, 1.54) is 12.5 Å². The van der Waals surface area contributed by atoms with Crippen LogP contribution in [0.1, 0.15) is 47.0 Å². The Bertz CT molecular complexity index is 551. The van der Waals surface area contributed by atoms with Crippen LogP contribution < -0.4 is 0 Å². The summed E-state index contributed by atoms with van der Waals surface area (Å²) in [4.78, 5) is 23.6. The third kappa shape index (κ3) is 2.09. The first kappa shape index (κ1) is 15.5. The Morgan fingerprint density at radius 2 is 2.14 bits per heavy atom. The molecule has 0 bridgehead atoms. The summed E-state index contributed by atoms with van der Waals surface area (Å²) in [7, 11) is 0. The zero-order valence-electron chi connectivity index (χ0n) is 13.6. The molecule has 1 aliphatic heterocycles. The Morgan fingerprint density at radius 1 is 1.45 bits per heavy atom. The fourth-order valence-corrected chi connectivity index (χ4v) is 4.67. The van der Waals surface area contributed by atoms with Gasteiger partial charge in [-0.3, -0.25) is 9.59 Å². The van der Waals surface area contributed by atoms with Gasteiger partial charge in [0.2, 0.25) is 0 Å². The van der Waals surface area contributed by atoms with Crippen LogP contribution >= 0.6 is 0 Å². The van der Waals surface area contributed by atoms with E-state index in [-0.39, 0.29) is 29.9 Å². The van der Waals surface area contributed by atoms with Gasteiger partial charge in [0, 0.05) is 12.3 Å². The highest BCUT2D eigenvalue weighted by molar-refractivity contribution is 5.76. The molecule has 5 nitrogen and oxygen atoms in total. The minimum absolute atomic E-state index is 0.153. The number of carbonyl (C=O) groups is 2. The van der Waals surface area contributed by atoms with Gasteiger partial charge in [-0.05, 0) is 31.8 Å². The Balaban J connectivity index is 2.08. The van der Waals surface area contributed by atoms with Crippen molar-refractivity contribution in [2.75, 3.05) is 0 Å². The van der Waals surface area contributed by atoms with Crippen molar-refractivity contribution >= 4 is 11.9 Å². The molecule has 0 aromatic rings. The summed E-state index contributed by atoms with van der Waals surface area (Å²) in [6.45, 7) is 7.27. The van der Waals surface area contributed by atoms with Gasteiger partial charge in [-0.25, -0.2) is 0 Å². The third-order valence-corrected chi connectivity index (χ3v) is 5.80. The van der Waals surface area contributed by atoms with Crippen molar-refractivity contribution in [3.63, 3.8) is 0 Å².